The summed E-state index contributed by atoms with van der Waals surface area (Å²) in [5.41, 5.74) is 1.79. The molecule has 0 radical (unpaired) electrons. The highest BCUT2D eigenvalue weighted by molar-refractivity contribution is 9.10. The predicted molar refractivity (Wildman–Crippen MR) is 115 cm³/mol. The molecule has 150 valence electrons. The summed E-state index contributed by atoms with van der Waals surface area (Å²) in [6.07, 6.45) is 0.122. The molecular weight excluding hydrogens is 448 g/mol. The van der Waals surface area contributed by atoms with Gasteiger partial charge in [-0.3, -0.25) is 9.59 Å². The Morgan fingerprint density at radius 1 is 1.04 bits per heavy atom. The molecule has 2 rings (SSSR count). The summed E-state index contributed by atoms with van der Waals surface area (Å²) in [5.74, 6) is 0.782. The van der Waals surface area contributed by atoms with Crippen molar-refractivity contribution in [2.75, 3.05) is 23.8 Å². The normalized spacial score (nSPS) is 10.3. The number of ether oxygens (including phenoxy) is 2. The van der Waals surface area contributed by atoms with Crippen molar-refractivity contribution < 1.29 is 19.1 Å². The van der Waals surface area contributed by atoms with E-state index in [4.69, 9.17) is 21.1 Å². The number of hydrogen-bond acceptors (Lipinski definition) is 4. The van der Waals surface area contributed by atoms with E-state index < -0.39 is 0 Å². The lowest BCUT2D eigenvalue weighted by Crippen LogP contribution is -2.15. The second-order valence-corrected chi connectivity index (χ2v) is 7.12. The Hall–Kier alpha value is -2.25. The molecule has 0 fully saturated rings. The highest BCUT2D eigenvalue weighted by Crippen LogP contribution is 2.34. The fraction of sp³-hybridized carbons (Fsp3) is 0.300. The summed E-state index contributed by atoms with van der Waals surface area (Å²) in [7, 11) is 0. The van der Waals surface area contributed by atoms with Crippen LogP contribution < -0.4 is 20.1 Å². The third kappa shape index (κ3) is 6.14. The third-order valence-electron chi connectivity index (χ3n) is 3.63. The number of halogens is 2. The van der Waals surface area contributed by atoms with Gasteiger partial charge in [0.05, 0.1) is 30.3 Å². The molecule has 0 aromatic heterocycles. The Morgan fingerprint density at radius 2 is 1.68 bits per heavy atom. The summed E-state index contributed by atoms with van der Waals surface area (Å²) in [6.45, 7) is 6.19. The Morgan fingerprint density at radius 3 is 2.25 bits per heavy atom. The van der Waals surface area contributed by atoms with Gasteiger partial charge in [-0.2, -0.15) is 0 Å². The molecule has 2 N–H and O–H groups in total. The van der Waals surface area contributed by atoms with Gasteiger partial charge in [0.25, 0.3) is 0 Å². The number of nitrogens with one attached hydrogen (secondary N) is 2. The topological polar surface area (TPSA) is 76.7 Å². The first kappa shape index (κ1) is 22.0. The molecule has 0 heterocycles. The van der Waals surface area contributed by atoms with E-state index in [2.05, 4.69) is 26.6 Å². The first-order valence-corrected chi connectivity index (χ1v) is 9.96. The number of carbonyl (C=O) groups excluding carboxylic acids is 2. The minimum atomic E-state index is -0.235. The van der Waals surface area contributed by atoms with Gasteiger partial charge in [0.15, 0.2) is 11.5 Å². The molecule has 0 aliphatic heterocycles. The van der Waals surface area contributed by atoms with Crippen LogP contribution in [0.25, 0.3) is 0 Å². The van der Waals surface area contributed by atoms with Crippen molar-refractivity contribution in [2.24, 2.45) is 0 Å². The molecule has 28 heavy (non-hydrogen) atoms. The molecule has 6 nitrogen and oxygen atoms in total. The van der Waals surface area contributed by atoms with E-state index in [-0.39, 0.29) is 18.2 Å². The molecule has 0 bridgehead atoms. The van der Waals surface area contributed by atoms with Crippen LogP contribution in [0.3, 0.4) is 0 Å². The quantitative estimate of drug-likeness (QED) is 0.568. The van der Waals surface area contributed by atoms with Gasteiger partial charge in [-0.05, 0) is 49.7 Å². The second-order valence-electron chi connectivity index (χ2n) is 5.86. The number of rotatable bonds is 8. The number of benzene rings is 2. The zero-order valence-corrected chi connectivity index (χ0v) is 18.2. The summed E-state index contributed by atoms with van der Waals surface area (Å²) in [6, 6.07) is 8.48. The monoisotopic (exact) mass is 468 g/mol. The van der Waals surface area contributed by atoms with Crippen LogP contribution in [0.5, 0.6) is 11.5 Å². The van der Waals surface area contributed by atoms with Crippen LogP contribution in [0, 0.1) is 0 Å². The maximum atomic E-state index is 12.5. The molecule has 0 saturated carbocycles. The van der Waals surface area contributed by atoms with Crippen LogP contribution in [0.2, 0.25) is 5.02 Å². The van der Waals surface area contributed by atoms with Crippen LogP contribution in [-0.4, -0.2) is 25.0 Å². The zero-order valence-electron chi connectivity index (χ0n) is 15.9. The molecule has 0 atom stereocenters. The van der Waals surface area contributed by atoms with Crippen molar-refractivity contribution in [3.63, 3.8) is 0 Å². The molecule has 0 unspecified atom stereocenters. The van der Waals surface area contributed by atoms with E-state index in [1.54, 1.807) is 30.3 Å². The molecule has 0 saturated heterocycles. The van der Waals surface area contributed by atoms with Crippen molar-refractivity contribution in [3.8, 4) is 11.5 Å². The Balaban J connectivity index is 2.14. The SMILES string of the molecule is CCOc1cc(Br)c(CC(=O)Nc2ccc(NC(C)=O)cc2Cl)cc1OCC. The average Bonchev–Trinajstić information content (AvgIpc) is 2.61. The van der Waals surface area contributed by atoms with Crippen LogP contribution in [0.4, 0.5) is 11.4 Å². The molecule has 2 aromatic rings. The van der Waals surface area contributed by atoms with Gasteiger partial charge >= 0.3 is 0 Å². The maximum absolute atomic E-state index is 12.5. The number of anilines is 2. The minimum Gasteiger partial charge on any atom is -0.490 e. The first-order chi connectivity index (χ1) is 13.3. The van der Waals surface area contributed by atoms with Gasteiger partial charge in [0.2, 0.25) is 11.8 Å². The molecule has 2 aromatic carbocycles. The van der Waals surface area contributed by atoms with Crippen LogP contribution >= 0.6 is 27.5 Å². The molecule has 0 spiro atoms. The zero-order chi connectivity index (χ0) is 20.7. The Labute approximate surface area is 177 Å². The van der Waals surface area contributed by atoms with Crippen LogP contribution in [0.1, 0.15) is 26.3 Å². The number of amides is 2. The largest absolute Gasteiger partial charge is 0.490 e. The van der Waals surface area contributed by atoms with E-state index in [1.165, 1.54) is 6.92 Å². The predicted octanol–water partition coefficient (Wildman–Crippen LogP) is 5.04. The van der Waals surface area contributed by atoms with Gasteiger partial charge in [-0.25, -0.2) is 0 Å². The molecule has 2 amide bonds. The standard InChI is InChI=1S/C20H22BrClN2O4/c1-4-27-18-8-13(15(21)11-19(18)28-5-2)9-20(26)24-17-7-6-14(10-16(17)22)23-12(3)25/h6-8,10-11H,4-5,9H2,1-3H3,(H,23,25)(H,24,26). The van der Waals surface area contributed by atoms with Gasteiger partial charge in [-0.15, -0.1) is 0 Å². The van der Waals surface area contributed by atoms with Gasteiger partial charge < -0.3 is 20.1 Å². The van der Waals surface area contributed by atoms with Crippen LogP contribution in [-0.2, 0) is 16.0 Å². The van der Waals surface area contributed by atoms with Gasteiger partial charge in [0.1, 0.15) is 0 Å². The molecule has 0 aliphatic rings. The van der Waals surface area contributed by atoms with Crippen molar-refractivity contribution >= 4 is 50.7 Å². The lowest BCUT2D eigenvalue weighted by molar-refractivity contribution is -0.116. The van der Waals surface area contributed by atoms with Crippen molar-refractivity contribution in [3.05, 3.63) is 45.4 Å². The number of carbonyl (C=O) groups is 2. The second kappa shape index (κ2) is 10.3. The summed E-state index contributed by atoms with van der Waals surface area (Å²) < 4.78 is 11.9. The Kier molecular flexibility index (Phi) is 8.14. The average molecular weight is 470 g/mol. The van der Waals surface area contributed by atoms with Crippen LogP contribution in [0.15, 0.2) is 34.8 Å². The summed E-state index contributed by atoms with van der Waals surface area (Å²) in [5, 5.41) is 5.75. The fourth-order valence-corrected chi connectivity index (χ4v) is 3.20. The van der Waals surface area contributed by atoms with Crippen molar-refractivity contribution in [2.45, 2.75) is 27.2 Å². The Bertz CT molecular complexity index is 874. The maximum Gasteiger partial charge on any atom is 0.228 e. The molecule has 8 heteroatoms. The molecule has 0 aliphatic carbocycles. The smallest absolute Gasteiger partial charge is 0.228 e. The first-order valence-electron chi connectivity index (χ1n) is 8.79. The lowest BCUT2D eigenvalue weighted by Gasteiger charge is -2.14. The van der Waals surface area contributed by atoms with Crippen molar-refractivity contribution in [1.82, 2.24) is 0 Å². The van der Waals surface area contributed by atoms with E-state index in [0.717, 1.165) is 10.0 Å². The van der Waals surface area contributed by atoms with Gasteiger partial charge in [0, 0.05) is 17.1 Å². The minimum absolute atomic E-state index is 0.122. The highest BCUT2D eigenvalue weighted by Gasteiger charge is 2.14. The van der Waals surface area contributed by atoms with E-state index in [9.17, 15) is 9.59 Å². The van der Waals surface area contributed by atoms with E-state index >= 15 is 0 Å². The third-order valence-corrected chi connectivity index (χ3v) is 4.68. The van der Waals surface area contributed by atoms with E-state index in [1.807, 2.05) is 13.8 Å². The highest BCUT2D eigenvalue weighted by atomic mass is 79.9. The fourth-order valence-electron chi connectivity index (χ4n) is 2.51. The van der Waals surface area contributed by atoms with E-state index in [0.29, 0.717) is 41.1 Å². The number of hydrogen-bond donors (Lipinski definition) is 2. The van der Waals surface area contributed by atoms with Gasteiger partial charge in [-0.1, -0.05) is 27.5 Å². The summed E-state index contributed by atoms with van der Waals surface area (Å²) >= 11 is 9.68. The van der Waals surface area contributed by atoms with Crippen molar-refractivity contribution in [1.29, 1.82) is 0 Å². The lowest BCUT2D eigenvalue weighted by atomic mass is 10.1. The molecular formula is C20H22BrClN2O4. The summed E-state index contributed by atoms with van der Waals surface area (Å²) in [4.78, 5) is 23.6.